The fourth-order valence-corrected chi connectivity index (χ4v) is 3.48. The van der Waals surface area contributed by atoms with Crippen molar-refractivity contribution in [1.29, 1.82) is 0 Å². The number of halogens is 2. The van der Waals surface area contributed by atoms with E-state index in [1.165, 1.54) is 11.1 Å². The Balaban J connectivity index is 0.00000364. The SMILES string of the molecule is COc1cc(Br)c(C(=O)CC[N+](C)(C)Cc2ccccc2C)cc1OC.[Br-]. The zero-order valence-corrected chi connectivity index (χ0v) is 19.7. The van der Waals surface area contributed by atoms with E-state index in [2.05, 4.69) is 61.2 Å². The molecule has 0 radical (unpaired) electrons. The molecule has 0 aromatic heterocycles. The molecule has 2 aromatic rings. The van der Waals surface area contributed by atoms with Crippen molar-refractivity contribution in [3.8, 4) is 11.5 Å². The van der Waals surface area contributed by atoms with Crippen LogP contribution < -0.4 is 26.5 Å². The Kier molecular flexibility index (Phi) is 8.99. The standard InChI is InChI=1S/C21H27BrNO3.BrH/c1-15-8-6-7-9-16(15)14-23(2,3)11-10-19(24)17-12-20(25-4)21(26-5)13-18(17)22;/h6-9,12-13H,10-11,14H2,1-5H3;1H/q+1;/p-1. The van der Waals surface area contributed by atoms with E-state index in [4.69, 9.17) is 9.47 Å². The Morgan fingerprint density at radius 1 is 1.07 bits per heavy atom. The smallest absolute Gasteiger partial charge is 0.169 e. The number of hydrogen-bond acceptors (Lipinski definition) is 3. The lowest BCUT2D eigenvalue weighted by Crippen LogP contribution is -3.00. The van der Waals surface area contributed by atoms with Gasteiger partial charge in [0.05, 0.1) is 41.3 Å². The van der Waals surface area contributed by atoms with Gasteiger partial charge in [-0.25, -0.2) is 0 Å². The third kappa shape index (κ3) is 6.33. The molecule has 0 aliphatic heterocycles. The summed E-state index contributed by atoms with van der Waals surface area (Å²) in [6.07, 6.45) is 0.465. The number of hydrogen-bond donors (Lipinski definition) is 0. The molecule has 0 saturated carbocycles. The number of methoxy groups -OCH3 is 2. The van der Waals surface area contributed by atoms with Gasteiger partial charge in [0.1, 0.15) is 6.54 Å². The van der Waals surface area contributed by atoms with Crippen LogP contribution in [0.1, 0.15) is 27.9 Å². The van der Waals surface area contributed by atoms with Gasteiger partial charge in [-0.15, -0.1) is 0 Å². The molecule has 6 heteroatoms. The summed E-state index contributed by atoms with van der Waals surface area (Å²) in [5.74, 6) is 1.26. The number of nitrogens with zero attached hydrogens (tertiary/aromatic N) is 1. The first-order valence-electron chi connectivity index (χ1n) is 8.58. The predicted molar refractivity (Wildman–Crippen MR) is 108 cm³/mol. The van der Waals surface area contributed by atoms with Gasteiger partial charge in [0, 0.05) is 15.6 Å². The molecule has 0 aliphatic rings. The van der Waals surface area contributed by atoms with Gasteiger partial charge in [-0.05, 0) is 40.5 Å². The lowest BCUT2D eigenvalue weighted by atomic mass is 10.1. The van der Waals surface area contributed by atoms with Gasteiger partial charge in [-0.3, -0.25) is 4.79 Å². The van der Waals surface area contributed by atoms with Crippen LogP contribution in [0.2, 0.25) is 0 Å². The van der Waals surface area contributed by atoms with E-state index in [1.807, 2.05) is 0 Å². The number of benzene rings is 2. The molecule has 0 aliphatic carbocycles. The van der Waals surface area contributed by atoms with E-state index in [1.54, 1.807) is 26.4 Å². The molecule has 0 amide bonds. The summed E-state index contributed by atoms with van der Waals surface area (Å²) in [6.45, 7) is 3.78. The van der Waals surface area contributed by atoms with Gasteiger partial charge < -0.3 is 30.9 Å². The third-order valence-corrected chi connectivity index (χ3v) is 5.23. The van der Waals surface area contributed by atoms with Crippen LogP contribution in [0.15, 0.2) is 40.9 Å². The number of ether oxygens (including phenoxy) is 2. The Hall–Kier alpha value is -1.37. The summed E-state index contributed by atoms with van der Waals surface area (Å²) in [7, 11) is 7.46. The van der Waals surface area contributed by atoms with Crippen molar-refractivity contribution in [2.75, 3.05) is 34.9 Å². The highest BCUT2D eigenvalue weighted by molar-refractivity contribution is 9.10. The van der Waals surface area contributed by atoms with Crippen molar-refractivity contribution < 1.29 is 35.7 Å². The Labute approximate surface area is 181 Å². The van der Waals surface area contributed by atoms with Crippen LogP contribution in [-0.2, 0) is 6.54 Å². The van der Waals surface area contributed by atoms with Crippen LogP contribution in [0.25, 0.3) is 0 Å². The van der Waals surface area contributed by atoms with Gasteiger partial charge >= 0.3 is 0 Å². The fourth-order valence-electron chi connectivity index (χ4n) is 2.93. The number of quaternary nitrogens is 1. The van der Waals surface area contributed by atoms with Crippen molar-refractivity contribution in [2.24, 2.45) is 0 Å². The number of carbonyl (C=O) groups excluding carboxylic acids is 1. The van der Waals surface area contributed by atoms with Crippen LogP contribution in [-0.4, -0.2) is 45.1 Å². The lowest BCUT2D eigenvalue weighted by molar-refractivity contribution is -0.903. The number of rotatable bonds is 8. The minimum Gasteiger partial charge on any atom is -1.00 e. The maximum Gasteiger partial charge on any atom is 0.169 e. The van der Waals surface area contributed by atoms with E-state index >= 15 is 0 Å². The molecule has 4 nitrogen and oxygen atoms in total. The van der Waals surface area contributed by atoms with Crippen LogP contribution in [0.3, 0.4) is 0 Å². The highest BCUT2D eigenvalue weighted by Crippen LogP contribution is 2.34. The van der Waals surface area contributed by atoms with Gasteiger partial charge in [-0.2, -0.15) is 0 Å². The molecule has 0 unspecified atom stereocenters. The average molecular weight is 501 g/mol. The number of ketones is 1. The topological polar surface area (TPSA) is 35.5 Å². The number of Topliss-reactive ketones (excluding diaryl/α,β-unsaturated/α-hetero) is 1. The van der Waals surface area contributed by atoms with Crippen molar-refractivity contribution in [2.45, 2.75) is 19.9 Å². The van der Waals surface area contributed by atoms with E-state index in [0.717, 1.165) is 22.0 Å². The minimum absolute atomic E-state index is 0. The van der Waals surface area contributed by atoms with E-state index in [9.17, 15) is 4.79 Å². The molecule has 2 aromatic carbocycles. The van der Waals surface area contributed by atoms with Crippen LogP contribution in [0.5, 0.6) is 11.5 Å². The van der Waals surface area contributed by atoms with Crippen LogP contribution >= 0.6 is 15.9 Å². The molecule has 0 fully saturated rings. The molecule has 0 N–H and O–H groups in total. The summed E-state index contributed by atoms with van der Waals surface area (Å²) in [4.78, 5) is 12.8. The summed E-state index contributed by atoms with van der Waals surface area (Å²) in [5.41, 5.74) is 3.23. The van der Waals surface area contributed by atoms with Gasteiger partial charge in [-0.1, -0.05) is 24.3 Å². The molecular weight excluding hydrogens is 474 g/mol. The third-order valence-electron chi connectivity index (χ3n) is 4.58. The van der Waals surface area contributed by atoms with Crippen LogP contribution in [0.4, 0.5) is 0 Å². The Morgan fingerprint density at radius 3 is 2.26 bits per heavy atom. The summed E-state index contributed by atoms with van der Waals surface area (Å²) in [5, 5.41) is 0. The molecule has 27 heavy (non-hydrogen) atoms. The van der Waals surface area contributed by atoms with Crippen molar-refractivity contribution in [3.63, 3.8) is 0 Å². The second-order valence-electron chi connectivity index (χ2n) is 7.10. The van der Waals surface area contributed by atoms with E-state index in [-0.39, 0.29) is 22.8 Å². The molecule has 0 spiro atoms. The number of aryl methyl sites for hydroxylation is 1. The lowest BCUT2D eigenvalue weighted by Gasteiger charge is -2.30. The molecule has 0 atom stereocenters. The number of carbonyl (C=O) groups is 1. The van der Waals surface area contributed by atoms with Crippen molar-refractivity contribution in [3.05, 3.63) is 57.6 Å². The molecule has 0 saturated heterocycles. The van der Waals surface area contributed by atoms with Gasteiger partial charge in [0.25, 0.3) is 0 Å². The van der Waals surface area contributed by atoms with E-state index in [0.29, 0.717) is 23.5 Å². The maximum absolute atomic E-state index is 12.8. The zero-order chi connectivity index (χ0) is 19.3. The van der Waals surface area contributed by atoms with E-state index < -0.39 is 0 Å². The summed E-state index contributed by atoms with van der Waals surface area (Å²) >= 11 is 3.47. The Morgan fingerprint density at radius 2 is 1.67 bits per heavy atom. The second kappa shape index (κ2) is 10.2. The average Bonchev–Trinajstić information content (AvgIpc) is 2.61. The first kappa shape index (κ1) is 23.7. The van der Waals surface area contributed by atoms with Crippen LogP contribution in [0, 0.1) is 6.92 Å². The van der Waals surface area contributed by atoms with Crippen molar-refractivity contribution in [1.82, 2.24) is 0 Å². The van der Waals surface area contributed by atoms with Gasteiger partial charge in [0.15, 0.2) is 17.3 Å². The molecule has 2 rings (SSSR count). The van der Waals surface area contributed by atoms with Gasteiger partial charge in [0.2, 0.25) is 0 Å². The zero-order valence-electron chi connectivity index (χ0n) is 16.5. The highest BCUT2D eigenvalue weighted by atomic mass is 79.9. The minimum atomic E-state index is 0. The largest absolute Gasteiger partial charge is 1.00 e. The quantitative estimate of drug-likeness (QED) is 0.408. The first-order valence-corrected chi connectivity index (χ1v) is 9.38. The van der Waals surface area contributed by atoms with Crippen molar-refractivity contribution >= 4 is 21.7 Å². The maximum atomic E-state index is 12.8. The first-order chi connectivity index (χ1) is 12.3. The Bertz CT molecular complexity index is 791. The summed E-state index contributed by atoms with van der Waals surface area (Å²) < 4.78 is 12.1. The predicted octanol–water partition coefficient (Wildman–Crippen LogP) is 1.63. The molecular formula is C21H27Br2NO3. The molecule has 0 heterocycles. The molecule has 0 bridgehead atoms. The normalized spacial score (nSPS) is 10.9. The monoisotopic (exact) mass is 499 g/mol. The summed E-state index contributed by atoms with van der Waals surface area (Å²) in [6, 6.07) is 11.9. The fraction of sp³-hybridized carbons (Fsp3) is 0.381. The highest BCUT2D eigenvalue weighted by Gasteiger charge is 2.21. The molecule has 148 valence electrons. The second-order valence-corrected chi connectivity index (χ2v) is 7.96.